The normalized spacial score (nSPS) is 32.3. The van der Waals surface area contributed by atoms with Crippen LogP contribution in [0.1, 0.15) is 129 Å². The molecule has 17 atom stereocenters. The molecular weight excluding hydrogens is 951 g/mol. The quantitative estimate of drug-likeness (QED) is 0.0317. The van der Waals surface area contributed by atoms with Gasteiger partial charge in [0.25, 0.3) is 0 Å². The largest absolute Gasteiger partial charge is 0.394 e. The Kier molecular flexibility index (Phi) is 33.5. The van der Waals surface area contributed by atoms with Crippen LogP contribution in [0.25, 0.3) is 0 Å². The summed E-state index contributed by atoms with van der Waals surface area (Å²) >= 11 is 0. The maximum Gasteiger partial charge on any atom is 0.220 e. The summed E-state index contributed by atoms with van der Waals surface area (Å²) in [4.78, 5) is 13.2. The molecule has 0 saturated carbocycles. The minimum atomic E-state index is -1.98. The van der Waals surface area contributed by atoms with Crippen molar-refractivity contribution in [1.29, 1.82) is 0 Å². The summed E-state index contributed by atoms with van der Waals surface area (Å²) in [7, 11) is 0. The van der Waals surface area contributed by atoms with Crippen LogP contribution in [0.4, 0.5) is 0 Å². The minimum absolute atomic E-state index is 0.216. The van der Waals surface area contributed by atoms with Crippen LogP contribution in [0.3, 0.4) is 0 Å². The average Bonchev–Trinajstić information content (AvgIpc) is 3.39. The van der Waals surface area contributed by atoms with Crippen LogP contribution in [0, 0.1) is 0 Å². The van der Waals surface area contributed by atoms with Gasteiger partial charge < -0.3 is 89.9 Å². The van der Waals surface area contributed by atoms with Gasteiger partial charge in [-0.1, -0.05) is 132 Å². The monoisotopic (exact) mass is 1040 g/mol. The second kappa shape index (κ2) is 37.9. The lowest BCUT2D eigenvalue weighted by atomic mass is 9.96. The number of amides is 1. The molecule has 17 unspecified atom stereocenters. The molecule has 0 bridgehead atoms. The first-order chi connectivity index (χ1) is 35.3. The lowest BCUT2D eigenvalue weighted by Crippen LogP contribution is -2.66. The van der Waals surface area contributed by atoms with E-state index in [1.54, 1.807) is 6.08 Å². The number of aliphatic hydroxyl groups is 11. The Hall–Kier alpha value is -2.77. The maximum atomic E-state index is 13.2. The number of rotatable bonds is 36. The number of allylic oxidation sites excluding steroid dienone is 11. The molecule has 420 valence electrons. The molecular formula is C54H91NO18. The molecule has 3 aliphatic heterocycles. The third-order valence-electron chi connectivity index (χ3n) is 13.0. The smallest absolute Gasteiger partial charge is 0.220 e. The zero-order valence-corrected chi connectivity index (χ0v) is 43.1. The Morgan fingerprint density at radius 1 is 0.507 bits per heavy atom. The summed E-state index contributed by atoms with van der Waals surface area (Å²) in [6.07, 6.45) is 15.0. The molecule has 0 radical (unpaired) electrons. The molecule has 19 heteroatoms. The van der Waals surface area contributed by atoms with Gasteiger partial charge in [-0.2, -0.15) is 0 Å². The Balaban J connectivity index is 1.49. The first kappa shape index (κ1) is 64.5. The van der Waals surface area contributed by atoms with Gasteiger partial charge in [0, 0.05) is 6.42 Å². The zero-order chi connectivity index (χ0) is 53.4. The van der Waals surface area contributed by atoms with E-state index in [9.17, 15) is 61.0 Å². The van der Waals surface area contributed by atoms with Crippen LogP contribution >= 0.6 is 0 Å². The number of hydrogen-bond donors (Lipinski definition) is 12. The molecule has 0 aromatic rings. The Morgan fingerprint density at radius 2 is 0.945 bits per heavy atom. The third-order valence-corrected chi connectivity index (χ3v) is 13.0. The second-order valence-corrected chi connectivity index (χ2v) is 19.0. The van der Waals surface area contributed by atoms with Gasteiger partial charge in [0.05, 0.1) is 38.6 Å². The van der Waals surface area contributed by atoms with Gasteiger partial charge in [0.15, 0.2) is 18.9 Å². The molecule has 3 rings (SSSR count). The highest BCUT2D eigenvalue weighted by molar-refractivity contribution is 5.76. The van der Waals surface area contributed by atoms with Gasteiger partial charge in [-0.15, -0.1) is 0 Å². The predicted octanol–water partition coefficient (Wildman–Crippen LogP) is 2.70. The number of ether oxygens (including phenoxy) is 6. The molecule has 73 heavy (non-hydrogen) atoms. The third kappa shape index (κ3) is 23.2. The van der Waals surface area contributed by atoms with Gasteiger partial charge in [-0.05, 0) is 64.2 Å². The Morgan fingerprint density at radius 3 is 1.48 bits per heavy atom. The summed E-state index contributed by atoms with van der Waals surface area (Å²) in [6.45, 7) is 1.47. The van der Waals surface area contributed by atoms with E-state index in [0.717, 1.165) is 103 Å². The highest BCUT2D eigenvalue weighted by Gasteiger charge is 2.53. The van der Waals surface area contributed by atoms with Crippen LogP contribution in [-0.2, 0) is 33.2 Å². The Bertz CT molecular complexity index is 1620. The van der Waals surface area contributed by atoms with E-state index in [1.165, 1.54) is 0 Å². The summed E-state index contributed by atoms with van der Waals surface area (Å²) in [6, 6.07) is -0.984. The van der Waals surface area contributed by atoms with Gasteiger partial charge in [-0.25, -0.2) is 0 Å². The molecule has 19 nitrogen and oxygen atoms in total. The number of carbonyl (C=O) groups is 1. The second-order valence-electron chi connectivity index (χ2n) is 19.0. The minimum Gasteiger partial charge on any atom is -0.394 e. The van der Waals surface area contributed by atoms with Gasteiger partial charge in [0.1, 0.15) is 73.2 Å². The standard InChI is InChI=1S/C54H91NO18/c1-3-5-7-9-11-12-13-14-15-16-17-18-19-20-21-22-23-24-26-28-30-32-42(60)55-37(38(59)31-29-27-25-10-8-6-4-2)36-68-52-48(66)45(63)50(40(34-57)70-52)73-54-49(67)46(64)51(41(35-58)71-54)72-53-47(65)44(62)43(61)39(33-56)69-53/h5,7,11-12,14-15,17-18,20-21,29,31,37-41,43-54,56-59,61-67H,3-4,6,8-10,13,16,19,22-28,30,32-36H2,1-2H3,(H,55,60)/b7-5-,12-11-,15-14-,18-17-,21-20-,31-29+. The summed E-state index contributed by atoms with van der Waals surface area (Å²) < 4.78 is 34.0. The van der Waals surface area contributed by atoms with Gasteiger partial charge in [0.2, 0.25) is 5.91 Å². The lowest BCUT2D eigenvalue weighted by molar-refractivity contribution is -0.379. The van der Waals surface area contributed by atoms with Crippen molar-refractivity contribution in [2.45, 2.75) is 234 Å². The van der Waals surface area contributed by atoms with Crippen LogP contribution in [0.2, 0.25) is 0 Å². The molecule has 0 spiro atoms. The van der Waals surface area contributed by atoms with E-state index >= 15 is 0 Å². The van der Waals surface area contributed by atoms with Crippen molar-refractivity contribution in [2.75, 3.05) is 26.4 Å². The first-order valence-corrected chi connectivity index (χ1v) is 26.7. The predicted molar refractivity (Wildman–Crippen MR) is 272 cm³/mol. The maximum absolute atomic E-state index is 13.2. The first-order valence-electron chi connectivity index (χ1n) is 26.7. The topological polar surface area (TPSA) is 307 Å². The molecule has 12 N–H and O–H groups in total. The molecule has 3 saturated heterocycles. The van der Waals surface area contributed by atoms with E-state index in [-0.39, 0.29) is 18.9 Å². The molecule has 3 fully saturated rings. The molecule has 3 heterocycles. The zero-order valence-electron chi connectivity index (χ0n) is 43.1. The number of unbranched alkanes of at least 4 members (excludes halogenated alkanes) is 10. The van der Waals surface area contributed by atoms with Crippen molar-refractivity contribution in [1.82, 2.24) is 5.32 Å². The summed E-state index contributed by atoms with van der Waals surface area (Å²) in [5.74, 6) is -0.304. The number of hydrogen-bond acceptors (Lipinski definition) is 18. The molecule has 0 aromatic heterocycles. The highest BCUT2D eigenvalue weighted by Crippen LogP contribution is 2.33. The van der Waals surface area contributed by atoms with Crippen molar-refractivity contribution >= 4 is 5.91 Å². The van der Waals surface area contributed by atoms with Gasteiger partial charge in [-0.3, -0.25) is 4.79 Å². The summed E-state index contributed by atoms with van der Waals surface area (Å²) in [5.41, 5.74) is 0. The molecule has 3 aliphatic rings. The lowest BCUT2D eigenvalue weighted by Gasteiger charge is -2.48. The molecule has 1 amide bonds. The molecule has 0 aliphatic carbocycles. The van der Waals surface area contributed by atoms with E-state index in [1.807, 2.05) is 6.08 Å². The Labute approximate surface area is 432 Å². The SMILES string of the molecule is CC/C=C\C/C=C\C/C=C\C/C=C\C/C=C\CCCCCCCC(=O)NC(COC1OC(CO)C(OC2OC(CO)C(OC3OC(CO)C(O)C(O)C3O)C(O)C2O)C(O)C1O)C(O)/C=C/CCCCCCC. The van der Waals surface area contributed by atoms with Crippen molar-refractivity contribution in [2.24, 2.45) is 0 Å². The highest BCUT2D eigenvalue weighted by atomic mass is 16.8. The van der Waals surface area contributed by atoms with Crippen molar-refractivity contribution in [3.05, 3.63) is 72.9 Å². The van der Waals surface area contributed by atoms with Crippen molar-refractivity contribution in [3.8, 4) is 0 Å². The molecule has 0 aromatic carbocycles. The van der Waals surface area contributed by atoms with Gasteiger partial charge >= 0.3 is 0 Å². The van der Waals surface area contributed by atoms with Crippen LogP contribution < -0.4 is 5.32 Å². The number of carbonyl (C=O) groups excluding carboxylic acids is 1. The fourth-order valence-corrected chi connectivity index (χ4v) is 8.57. The van der Waals surface area contributed by atoms with E-state index < -0.39 is 124 Å². The van der Waals surface area contributed by atoms with Crippen molar-refractivity contribution < 1.29 is 89.4 Å². The summed E-state index contributed by atoms with van der Waals surface area (Å²) in [5, 5.41) is 119. The fourth-order valence-electron chi connectivity index (χ4n) is 8.57. The van der Waals surface area contributed by atoms with E-state index in [2.05, 4.69) is 79.9 Å². The van der Waals surface area contributed by atoms with E-state index in [0.29, 0.717) is 6.42 Å². The van der Waals surface area contributed by atoms with Crippen molar-refractivity contribution in [3.63, 3.8) is 0 Å². The van der Waals surface area contributed by atoms with Crippen LogP contribution in [0.15, 0.2) is 72.9 Å². The fraction of sp³-hybridized carbons (Fsp3) is 0.759. The van der Waals surface area contributed by atoms with E-state index in [4.69, 9.17) is 28.4 Å². The number of nitrogens with one attached hydrogen (secondary N) is 1. The van der Waals surface area contributed by atoms with Crippen LogP contribution in [0.5, 0.6) is 0 Å². The number of aliphatic hydroxyl groups excluding tert-OH is 11. The van der Waals surface area contributed by atoms with Crippen LogP contribution in [-0.4, -0.2) is 193 Å². The average molecular weight is 1040 g/mol.